The minimum Gasteiger partial charge on any atom is -0.493 e. The molecule has 0 amide bonds. The molecule has 0 bridgehead atoms. The van der Waals surface area contributed by atoms with Crippen molar-refractivity contribution in [1.82, 2.24) is 9.97 Å². The number of allylic oxidation sites excluding steroid dienone is 1. The molecule has 1 saturated heterocycles. The number of ether oxygens (including phenoxy) is 3. The van der Waals surface area contributed by atoms with Crippen molar-refractivity contribution in [3.8, 4) is 11.5 Å². The van der Waals surface area contributed by atoms with Gasteiger partial charge in [0.15, 0.2) is 11.5 Å². The van der Waals surface area contributed by atoms with Gasteiger partial charge < -0.3 is 19.5 Å². The van der Waals surface area contributed by atoms with Crippen LogP contribution in [0.4, 0.5) is 5.82 Å². The number of aromatic nitrogens is 2. The van der Waals surface area contributed by atoms with Gasteiger partial charge in [-0.15, -0.1) is 0 Å². The molecule has 27 heavy (non-hydrogen) atoms. The third kappa shape index (κ3) is 4.39. The number of rotatable bonds is 7. The maximum atomic E-state index is 6.12. The summed E-state index contributed by atoms with van der Waals surface area (Å²) in [5.74, 6) is 2.78. The molecule has 0 radical (unpaired) electrons. The number of benzene rings is 1. The molecule has 1 N–H and O–H groups in total. The summed E-state index contributed by atoms with van der Waals surface area (Å²) in [6.07, 6.45) is 4.87. The predicted molar refractivity (Wildman–Crippen MR) is 108 cm³/mol. The molecule has 6 nitrogen and oxygen atoms in total. The second-order valence-corrected chi connectivity index (χ2v) is 6.68. The van der Waals surface area contributed by atoms with Gasteiger partial charge in [-0.3, -0.25) is 0 Å². The summed E-state index contributed by atoms with van der Waals surface area (Å²) >= 11 is 0. The fraction of sp³-hybridized carbons (Fsp3) is 0.429. The smallest absolute Gasteiger partial charge is 0.162 e. The Balaban J connectivity index is 2.00. The van der Waals surface area contributed by atoms with Gasteiger partial charge in [0.2, 0.25) is 0 Å². The molecule has 3 rings (SSSR count). The molecule has 1 aliphatic rings. The molecule has 6 heteroatoms. The Morgan fingerprint density at radius 2 is 2.19 bits per heavy atom. The van der Waals surface area contributed by atoms with Crippen LogP contribution in [-0.4, -0.2) is 42.4 Å². The normalized spacial score (nSPS) is 18.0. The maximum absolute atomic E-state index is 6.12. The molecule has 2 aromatic rings. The number of fused-ring (bicyclic) bond motifs is 1. The molecule has 1 fully saturated rings. The highest BCUT2D eigenvalue weighted by atomic mass is 16.6. The first kappa shape index (κ1) is 19.2. The second-order valence-electron chi connectivity index (χ2n) is 6.68. The number of nitrogens with one attached hydrogen (secondary N) is 1. The highest BCUT2D eigenvalue weighted by Crippen LogP contribution is 2.36. The standard InChI is InChI=1S/C21H27N3O3/c1-6-7-13(2)14(3)22-21-17-10-20(27-16-8-9-26-12-16)19(25-5)11-18(17)23-15(4)24-21/h6-7,10-11,14,16H,2,8-9,12H2,1,3-5H3,(H,22,23,24)/b7-6-. The quantitative estimate of drug-likeness (QED) is 0.743. The first-order chi connectivity index (χ1) is 13.0. The van der Waals surface area contributed by atoms with Gasteiger partial charge in [0, 0.05) is 23.9 Å². The van der Waals surface area contributed by atoms with Crippen LogP contribution in [0.2, 0.25) is 0 Å². The molecular weight excluding hydrogens is 342 g/mol. The third-order valence-electron chi connectivity index (χ3n) is 4.56. The molecular formula is C21H27N3O3. The fourth-order valence-corrected chi connectivity index (χ4v) is 3.06. The summed E-state index contributed by atoms with van der Waals surface area (Å²) in [6, 6.07) is 3.87. The van der Waals surface area contributed by atoms with Crippen LogP contribution >= 0.6 is 0 Å². The van der Waals surface area contributed by atoms with Gasteiger partial charge in [0.25, 0.3) is 0 Å². The van der Waals surface area contributed by atoms with Gasteiger partial charge in [0.1, 0.15) is 17.7 Å². The number of methoxy groups -OCH3 is 1. The van der Waals surface area contributed by atoms with Crippen LogP contribution in [0.5, 0.6) is 11.5 Å². The minimum absolute atomic E-state index is 0.0347. The van der Waals surface area contributed by atoms with E-state index in [0.717, 1.165) is 35.3 Å². The maximum Gasteiger partial charge on any atom is 0.162 e. The average Bonchev–Trinajstić information content (AvgIpc) is 3.14. The summed E-state index contributed by atoms with van der Waals surface area (Å²) < 4.78 is 17.1. The van der Waals surface area contributed by atoms with E-state index in [0.29, 0.717) is 23.9 Å². The van der Waals surface area contributed by atoms with E-state index in [1.807, 2.05) is 38.1 Å². The van der Waals surface area contributed by atoms with E-state index in [1.54, 1.807) is 7.11 Å². The summed E-state index contributed by atoms with van der Waals surface area (Å²) in [7, 11) is 1.63. The lowest BCUT2D eigenvalue weighted by molar-refractivity contribution is 0.139. The Hall–Kier alpha value is -2.60. The topological polar surface area (TPSA) is 65.5 Å². The van der Waals surface area contributed by atoms with Crippen molar-refractivity contribution in [2.24, 2.45) is 0 Å². The molecule has 1 aliphatic heterocycles. The first-order valence-electron chi connectivity index (χ1n) is 9.20. The fourth-order valence-electron chi connectivity index (χ4n) is 3.06. The summed E-state index contributed by atoms with van der Waals surface area (Å²) in [4.78, 5) is 9.16. The highest BCUT2D eigenvalue weighted by Gasteiger charge is 2.21. The molecule has 144 valence electrons. The lowest BCUT2D eigenvalue weighted by Gasteiger charge is -2.19. The van der Waals surface area contributed by atoms with Crippen molar-refractivity contribution >= 4 is 16.7 Å². The Bertz CT molecular complexity index is 857. The van der Waals surface area contributed by atoms with Gasteiger partial charge >= 0.3 is 0 Å². The Kier molecular flexibility index (Phi) is 5.96. The van der Waals surface area contributed by atoms with Crippen molar-refractivity contribution in [2.45, 2.75) is 39.3 Å². The van der Waals surface area contributed by atoms with Gasteiger partial charge in [0.05, 0.1) is 25.8 Å². The van der Waals surface area contributed by atoms with Crippen molar-refractivity contribution in [2.75, 3.05) is 25.6 Å². The zero-order valence-corrected chi connectivity index (χ0v) is 16.4. The van der Waals surface area contributed by atoms with Crippen molar-refractivity contribution in [3.05, 3.63) is 42.3 Å². The summed E-state index contributed by atoms with van der Waals surface area (Å²) in [6.45, 7) is 11.3. The van der Waals surface area contributed by atoms with Crippen LogP contribution in [0.3, 0.4) is 0 Å². The Morgan fingerprint density at radius 1 is 1.37 bits per heavy atom. The van der Waals surface area contributed by atoms with E-state index < -0.39 is 0 Å². The van der Waals surface area contributed by atoms with Crippen LogP contribution in [0.1, 0.15) is 26.1 Å². The van der Waals surface area contributed by atoms with Crippen LogP contribution in [0, 0.1) is 6.92 Å². The van der Waals surface area contributed by atoms with Crippen LogP contribution in [0.25, 0.3) is 10.9 Å². The molecule has 1 aromatic heterocycles. The number of aryl methyl sites for hydroxylation is 1. The summed E-state index contributed by atoms with van der Waals surface area (Å²) in [5, 5.41) is 4.33. The number of hydrogen-bond acceptors (Lipinski definition) is 6. The Labute approximate surface area is 160 Å². The van der Waals surface area contributed by atoms with E-state index >= 15 is 0 Å². The number of anilines is 1. The number of nitrogens with zero attached hydrogens (tertiary/aromatic N) is 2. The Morgan fingerprint density at radius 3 is 2.85 bits per heavy atom. The lowest BCUT2D eigenvalue weighted by atomic mass is 10.1. The van der Waals surface area contributed by atoms with Crippen LogP contribution in [0.15, 0.2) is 36.4 Å². The van der Waals surface area contributed by atoms with E-state index in [1.165, 1.54) is 0 Å². The van der Waals surface area contributed by atoms with Crippen LogP contribution < -0.4 is 14.8 Å². The zero-order valence-electron chi connectivity index (χ0n) is 16.4. The zero-order chi connectivity index (χ0) is 19.4. The SMILES string of the molecule is C=C(/C=C\C)C(C)Nc1nc(C)nc2cc(OC)c(OC3CCOC3)cc12. The molecule has 1 aromatic carbocycles. The summed E-state index contributed by atoms with van der Waals surface area (Å²) in [5.41, 5.74) is 1.79. The largest absolute Gasteiger partial charge is 0.493 e. The molecule has 2 atom stereocenters. The third-order valence-corrected chi connectivity index (χ3v) is 4.56. The van der Waals surface area contributed by atoms with E-state index in [2.05, 4.69) is 28.8 Å². The van der Waals surface area contributed by atoms with Gasteiger partial charge in [-0.25, -0.2) is 9.97 Å². The van der Waals surface area contributed by atoms with Crippen molar-refractivity contribution in [1.29, 1.82) is 0 Å². The number of hydrogen-bond donors (Lipinski definition) is 1. The van der Waals surface area contributed by atoms with Crippen molar-refractivity contribution < 1.29 is 14.2 Å². The predicted octanol–water partition coefficient (Wildman–Crippen LogP) is 4.05. The first-order valence-corrected chi connectivity index (χ1v) is 9.20. The van der Waals surface area contributed by atoms with Gasteiger partial charge in [-0.05, 0) is 32.4 Å². The highest BCUT2D eigenvalue weighted by molar-refractivity contribution is 5.92. The van der Waals surface area contributed by atoms with E-state index in [-0.39, 0.29) is 12.1 Å². The van der Waals surface area contributed by atoms with Gasteiger partial charge in [-0.2, -0.15) is 0 Å². The van der Waals surface area contributed by atoms with E-state index in [4.69, 9.17) is 14.2 Å². The minimum atomic E-state index is 0.0347. The molecule has 0 aliphatic carbocycles. The molecule has 2 unspecified atom stereocenters. The van der Waals surface area contributed by atoms with Crippen molar-refractivity contribution in [3.63, 3.8) is 0 Å². The van der Waals surface area contributed by atoms with Gasteiger partial charge in [-0.1, -0.05) is 18.7 Å². The van der Waals surface area contributed by atoms with Crippen LogP contribution in [-0.2, 0) is 4.74 Å². The molecule has 0 saturated carbocycles. The lowest BCUT2D eigenvalue weighted by Crippen LogP contribution is -2.18. The van der Waals surface area contributed by atoms with E-state index in [9.17, 15) is 0 Å². The molecule has 2 heterocycles. The molecule has 0 spiro atoms. The second kappa shape index (κ2) is 8.39. The monoisotopic (exact) mass is 369 g/mol. The average molecular weight is 369 g/mol.